The van der Waals surface area contributed by atoms with E-state index in [1.54, 1.807) is 0 Å². The third-order valence-corrected chi connectivity index (χ3v) is 3.50. The number of anilines is 1. The van der Waals surface area contributed by atoms with Crippen molar-refractivity contribution in [3.8, 4) is 0 Å². The molecule has 18 heavy (non-hydrogen) atoms. The average molecular weight is 245 g/mol. The summed E-state index contributed by atoms with van der Waals surface area (Å²) >= 11 is 0. The van der Waals surface area contributed by atoms with Gasteiger partial charge in [-0.1, -0.05) is 6.07 Å². The van der Waals surface area contributed by atoms with Gasteiger partial charge in [0.05, 0.1) is 0 Å². The van der Waals surface area contributed by atoms with Crippen LogP contribution in [-0.4, -0.2) is 38.1 Å². The Balaban J connectivity index is 1.72. The van der Waals surface area contributed by atoms with E-state index in [-0.39, 0.29) is 5.91 Å². The summed E-state index contributed by atoms with van der Waals surface area (Å²) in [5, 5.41) is 6.37. The van der Waals surface area contributed by atoms with E-state index in [1.165, 1.54) is 0 Å². The molecule has 1 aromatic carbocycles. The van der Waals surface area contributed by atoms with Crippen LogP contribution in [-0.2, 0) is 0 Å². The van der Waals surface area contributed by atoms with Crippen LogP contribution in [0.2, 0.25) is 0 Å². The second kappa shape index (κ2) is 4.98. The van der Waals surface area contributed by atoms with Crippen molar-refractivity contribution in [2.24, 2.45) is 0 Å². The monoisotopic (exact) mass is 245 g/mol. The van der Waals surface area contributed by atoms with Crippen molar-refractivity contribution < 1.29 is 4.79 Å². The van der Waals surface area contributed by atoms with Crippen molar-refractivity contribution in [2.45, 2.75) is 18.9 Å². The first kappa shape index (κ1) is 11.5. The van der Waals surface area contributed by atoms with Crippen molar-refractivity contribution in [1.82, 2.24) is 10.6 Å². The molecule has 1 saturated carbocycles. The van der Waals surface area contributed by atoms with Crippen LogP contribution in [0.4, 0.5) is 5.69 Å². The Morgan fingerprint density at radius 2 is 2.06 bits per heavy atom. The minimum absolute atomic E-state index is 0.0643. The van der Waals surface area contributed by atoms with Crippen molar-refractivity contribution in [1.29, 1.82) is 0 Å². The van der Waals surface area contributed by atoms with Gasteiger partial charge >= 0.3 is 0 Å². The van der Waals surface area contributed by atoms with E-state index in [4.69, 9.17) is 0 Å². The lowest BCUT2D eigenvalue weighted by atomic mass is 10.1. The van der Waals surface area contributed by atoms with Gasteiger partial charge in [-0.05, 0) is 31.0 Å². The van der Waals surface area contributed by atoms with Crippen LogP contribution in [0.25, 0.3) is 0 Å². The van der Waals surface area contributed by atoms with Gasteiger partial charge in [-0.15, -0.1) is 0 Å². The second-order valence-electron chi connectivity index (χ2n) is 5.04. The molecule has 1 amide bonds. The second-order valence-corrected chi connectivity index (χ2v) is 5.04. The van der Waals surface area contributed by atoms with Gasteiger partial charge in [-0.2, -0.15) is 0 Å². The smallest absolute Gasteiger partial charge is 0.251 e. The Morgan fingerprint density at radius 1 is 1.28 bits per heavy atom. The molecule has 0 radical (unpaired) electrons. The molecular formula is C14H19N3O. The largest absolute Gasteiger partial charge is 0.369 e. The van der Waals surface area contributed by atoms with Gasteiger partial charge in [0.15, 0.2) is 0 Å². The van der Waals surface area contributed by atoms with Crippen LogP contribution in [0.3, 0.4) is 0 Å². The summed E-state index contributed by atoms with van der Waals surface area (Å²) in [6.07, 6.45) is 2.26. The number of hydrogen-bond donors (Lipinski definition) is 2. The first-order valence-electron chi connectivity index (χ1n) is 6.69. The van der Waals surface area contributed by atoms with Crippen LogP contribution in [0.15, 0.2) is 24.3 Å². The van der Waals surface area contributed by atoms with E-state index < -0.39 is 0 Å². The zero-order valence-electron chi connectivity index (χ0n) is 10.5. The summed E-state index contributed by atoms with van der Waals surface area (Å²) in [7, 11) is 0. The summed E-state index contributed by atoms with van der Waals surface area (Å²) in [5.74, 6) is 0.0643. The number of amides is 1. The van der Waals surface area contributed by atoms with Crippen LogP contribution >= 0.6 is 0 Å². The normalized spacial score (nSPS) is 19.7. The number of nitrogens with zero attached hydrogens (tertiary/aromatic N) is 1. The number of nitrogens with one attached hydrogen (secondary N) is 2. The van der Waals surface area contributed by atoms with E-state index in [9.17, 15) is 4.79 Å². The summed E-state index contributed by atoms with van der Waals surface area (Å²) in [6.45, 7) is 4.04. The molecule has 0 bridgehead atoms. The highest BCUT2D eigenvalue weighted by Crippen LogP contribution is 2.21. The molecule has 96 valence electrons. The average Bonchev–Trinajstić information content (AvgIpc) is 3.24. The molecule has 2 fully saturated rings. The highest BCUT2D eigenvalue weighted by atomic mass is 16.1. The first-order chi connectivity index (χ1) is 8.83. The lowest BCUT2D eigenvalue weighted by Crippen LogP contribution is -2.43. The van der Waals surface area contributed by atoms with E-state index >= 15 is 0 Å². The quantitative estimate of drug-likeness (QED) is 0.834. The fraction of sp³-hybridized carbons (Fsp3) is 0.500. The molecule has 1 saturated heterocycles. The van der Waals surface area contributed by atoms with E-state index in [2.05, 4.69) is 21.6 Å². The minimum Gasteiger partial charge on any atom is -0.369 e. The number of rotatable bonds is 3. The maximum Gasteiger partial charge on any atom is 0.251 e. The SMILES string of the molecule is O=C(NC1CC1)c1cccc(N2CCNCC2)c1. The Morgan fingerprint density at radius 3 is 2.78 bits per heavy atom. The topological polar surface area (TPSA) is 44.4 Å². The standard InChI is InChI=1S/C14H19N3O/c18-14(16-12-4-5-12)11-2-1-3-13(10-11)17-8-6-15-7-9-17/h1-3,10,12,15H,4-9H2,(H,16,18). The van der Waals surface area contributed by atoms with Gasteiger partial charge in [-0.3, -0.25) is 4.79 Å². The highest BCUT2D eigenvalue weighted by molar-refractivity contribution is 5.95. The van der Waals surface area contributed by atoms with Crippen LogP contribution in [0.1, 0.15) is 23.2 Å². The zero-order valence-corrected chi connectivity index (χ0v) is 10.5. The molecule has 0 spiro atoms. The predicted molar refractivity (Wildman–Crippen MR) is 72.0 cm³/mol. The van der Waals surface area contributed by atoms with Crippen LogP contribution < -0.4 is 15.5 Å². The Labute approximate surface area is 107 Å². The Hall–Kier alpha value is -1.55. The molecule has 0 aromatic heterocycles. The molecule has 1 heterocycles. The van der Waals surface area contributed by atoms with Crippen molar-refractivity contribution in [3.63, 3.8) is 0 Å². The molecular weight excluding hydrogens is 226 g/mol. The van der Waals surface area contributed by atoms with E-state index in [1.807, 2.05) is 18.2 Å². The number of piperazine rings is 1. The number of carbonyl (C=O) groups excluding carboxylic acids is 1. The van der Waals surface area contributed by atoms with Crippen molar-refractivity contribution in [2.75, 3.05) is 31.1 Å². The fourth-order valence-corrected chi connectivity index (χ4v) is 2.26. The Bertz CT molecular complexity index is 436. The lowest BCUT2D eigenvalue weighted by Gasteiger charge is -2.29. The van der Waals surface area contributed by atoms with Gasteiger partial charge in [0.25, 0.3) is 5.91 Å². The predicted octanol–water partition coefficient (Wildman–Crippen LogP) is 0.988. The molecule has 1 aliphatic carbocycles. The molecule has 0 atom stereocenters. The Kier molecular flexibility index (Phi) is 3.19. The van der Waals surface area contributed by atoms with Gasteiger partial charge in [-0.25, -0.2) is 0 Å². The molecule has 2 N–H and O–H groups in total. The summed E-state index contributed by atoms with van der Waals surface area (Å²) in [4.78, 5) is 14.3. The van der Waals surface area contributed by atoms with Gasteiger partial charge in [0.2, 0.25) is 0 Å². The third-order valence-electron chi connectivity index (χ3n) is 3.50. The summed E-state index contributed by atoms with van der Waals surface area (Å²) in [6, 6.07) is 8.37. The molecule has 1 aliphatic heterocycles. The fourth-order valence-electron chi connectivity index (χ4n) is 2.26. The zero-order chi connectivity index (χ0) is 12.4. The highest BCUT2D eigenvalue weighted by Gasteiger charge is 2.24. The maximum atomic E-state index is 12.0. The minimum atomic E-state index is 0.0643. The molecule has 3 rings (SSSR count). The van der Waals surface area contributed by atoms with Crippen molar-refractivity contribution >= 4 is 11.6 Å². The van der Waals surface area contributed by atoms with E-state index in [0.29, 0.717) is 6.04 Å². The van der Waals surface area contributed by atoms with E-state index in [0.717, 1.165) is 50.3 Å². The molecule has 4 nitrogen and oxygen atoms in total. The molecule has 2 aliphatic rings. The third kappa shape index (κ3) is 2.64. The maximum absolute atomic E-state index is 12.0. The van der Waals surface area contributed by atoms with Gasteiger partial charge in [0.1, 0.15) is 0 Å². The summed E-state index contributed by atoms with van der Waals surface area (Å²) < 4.78 is 0. The van der Waals surface area contributed by atoms with Crippen LogP contribution in [0.5, 0.6) is 0 Å². The first-order valence-corrected chi connectivity index (χ1v) is 6.69. The molecule has 1 aromatic rings. The molecule has 4 heteroatoms. The molecule has 0 unspecified atom stereocenters. The van der Waals surface area contributed by atoms with Gasteiger partial charge in [0, 0.05) is 43.5 Å². The number of hydrogen-bond acceptors (Lipinski definition) is 3. The number of benzene rings is 1. The summed E-state index contributed by atoms with van der Waals surface area (Å²) in [5.41, 5.74) is 1.93. The van der Waals surface area contributed by atoms with Gasteiger partial charge < -0.3 is 15.5 Å². The lowest BCUT2D eigenvalue weighted by molar-refractivity contribution is 0.0951. The number of carbonyl (C=O) groups is 1. The van der Waals surface area contributed by atoms with Crippen molar-refractivity contribution in [3.05, 3.63) is 29.8 Å². The van der Waals surface area contributed by atoms with Crippen LogP contribution in [0, 0.1) is 0 Å².